The highest BCUT2D eigenvalue weighted by Crippen LogP contribution is 2.32. The molecule has 1 aliphatic heterocycles. The molecule has 1 amide bonds. The van der Waals surface area contributed by atoms with Crippen LogP contribution in [0.5, 0.6) is 0 Å². The van der Waals surface area contributed by atoms with Crippen LogP contribution in [0.15, 0.2) is 48.9 Å². The number of hydrogen-bond donors (Lipinski definition) is 1. The van der Waals surface area contributed by atoms with Crippen molar-refractivity contribution >= 4 is 29.1 Å². The fraction of sp³-hybridized carbons (Fsp3) is 0.286. The fourth-order valence-corrected chi connectivity index (χ4v) is 4.02. The lowest BCUT2D eigenvalue weighted by atomic mass is 9.97. The maximum atomic E-state index is 12.1. The molecule has 3 aromatic rings. The number of pyridine rings is 1. The number of piperidine rings is 1. The minimum Gasteiger partial charge on any atom is -0.341 e. The Balaban J connectivity index is 1.77. The highest BCUT2D eigenvalue weighted by molar-refractivity contribution is 6.42. The average Bonchev–Trinajstić information content (AvgIpc) is 3.21. The van der Waals surface area contributed by atoms with Gasteiger partial charge in [-0.1, -0.05) is 23.2 Å². The molecule has 4 rings (SSSR count). The van der Waals surface area contributed by atoms with E-state index in [9.17, 15) is 4.79 Å². The zero-order valence-corrected chi connectivity index (χ0v) is 17.3. The molecule has 8 heteroatoms. The number of imidazole rings is 1. The van der Waals surface area contributed by atoms with Gasteiger partial charge in [-0.3, -0.25) is 9.78 Å². The molecule has 0 saturated carbocycles. The van der Waals surface area contributed by atoms with Crippen LogP contribution in [-0.4, -0.2) is 45.0 Å². The number of amides is 1. The minimum atomic E-state index is -0.0308. The number of halogens is 2. The Labute approximate surface area is 179 Å². The Kier molecular flexibility index (Phi) is 5.85. The summed E-state index contributed by atoms with van der Waals surface area (Å²) in [5.74, 6) is 0.964. The largest absolute Gasteiger partial charge is 0.341 e. The van der Waals surface area contributed by atoms with Gasteiger partial charge in [0, 0.05) is 48.8 Å². The summed E-state index contributed by atoms with van der Waals surface area (Å²) < 4.78 is 2.04. The lowest BCUT2D eigenvalue weighted by Gasteiger charge is -2.32. The molecule has 1 saturated heterocycles. The first-order valence-corrected chi connectivity index (χ1v) is 10.3. The molecule has 29 heavy (non-hydrogen) atoms. The van der Waals surface area contributed by atoms with E-state index in [4.69, 9.17) is 33.9 Å². The van der Waals surface area contributed by atoms with E-state index in [1.165, 1.54) is 0 Å². The molecule has 150 valence electrons. The number of likely N-dealkylation sites (tertiary alicyclic amines) is 1. The van der Waals surface area contributed by atoms with Gasteiger partial charge in [0.2, 0.25) is 5.91 Å². The van der Waals surface area contributed by atoms with E-state index < -0.39 is 0 Å². The summed E-state index contributed by atoms with van der Waals surface area (Å²) in [7, 11) is 0. The summed E-state index contributed by atoms with van der Waals surface area (Å²) in [6.07, 6.45) is 7.34. The van der Waals surface area contributed by atoms with E-state index in [1.54, 1.807) is 18.5 Å². The monoisotopic (exact) mass is 429 g/mol. The smallest absolute Gasteiger partial charge is 0.236 e. The van der Waals surface area contributed by atoms with Crippen molar-refractivity contribution in [2.45, 2.75) is 18.8 Å². The van der Waals surface area contributed by atoms with Gasteiger partial charge in [-0.2, -0.15) is 0 Å². The minimum absolute atomic E-state index is 0.0240. The third-order valence-electron chi connectivity index (χ3n) is 5.20. The van der Waals surface area contributed by atoms with Gasteiger partial charge in [0.05, 0.1) is 22.3 Å². The van der Waals surface area contributed by atoms with E-state index in [-0.39, 0.29) is 18.4 Å². The van der Waals surface area contributed by atoms with Gasteiger partial charge in [-0.15, -0.1) is 0 Å². The predicted molar refractivity (Wildman–Crippen MR) is 114 cm³/mol. The number of carbonyl (C=O) groups excluding carboxylic acids is 1. The van der Waals surface area contributed by atoms with Crippen molar-refractivity contribution in [2.75, 3.05) is 19.6 Å². The van der Waals surface area contributed by atoms with Crippen LogP contribution in [0.3, 0.4) is 0 Å². The van der Waals surface area contributed by atoms with Crippen LogP contribution in [0, 0.1) is 0 Å². The van der Waals surface area contributed by atoms with E-state index in [2.05, 4.69) is 4.98 Å². The van der Waals surface area contributed by atoms with Crippen LogP contribution in [-0.2, 0) is 4.79 Å². The summed E-state index contributed by atoms with van der Waals surface area (Å²) in [6.45, 7) is 1.36. The Morgan fingerprint density at radius 3 is 2.69 bits per heavy atom. The summed E-state index contributed by atoms with van der Waals surface area (Å²) in [5.41, 5.74) is 8.27. The molecule has 6 nitrogen and oxygen atoms in total. The maximum absolute atomic E-state index is 12.1. The van der Waals surface area contributed by atoms with Gasteiger partial charge in [0.25, 0.3) is 0 Å². The molecule has 2 N–H and O–H groups in total. The van der Waals surface area contributed by atoms with Crippen molar-refractivity contribution in [3.05, 3.63) is 64.8 Å². The van der Waals surface area contributed by atoms with Crippen LogP contribution >= 0.6 is 23.2 Å². The molecule has 2 aromatic heterocycles. The topological polar surface area (TPSA) is 77.0 Å². The molecular formula is C21H21Cl2N5O. The molecule has 1 atom stereocenters. The van der Waals surface area contributed by atoms with E-state index >= 15 is 0 Å². The maximum Gasteiger partial charge on any atom is 0.236 e. The van der Waals surface area contributed by atoms with Crippen molar-refractivity contribution < 1.29 is 4.79 Å². The highest BCUT2D eigenvalue weighted by atomic mass is 35.5. The van der Waals surface area contributed by atoms with Gasteiger partial charge in [-0.25, -0.2) is 4.98 Å². The lowest BCUT2D eigenvalue weighted by molar-refractivity contribution is -0.130. The molecule has 1 aliphatic rings. The SMILES string of the molecule is NCC(=O)N1CCCC(c2nc(-c3ccncc3)cn2-c2ccc(Cl)c(Cl)c2)C1. The Morgan fingerprint density at radius 1 is 1.17 bits per heavy atom. The van der Waals surface area contributed by atoms with Gasteiger partial charge in [0.15, 0.2) is 0 Å². The third kappa shape index (κ3) is 4.15. The molecular weight excluding hydrogens is 409 g/mol. The van der Waals surface area contributed by atoms with E-state index in [0.717, 1.165) is 42.2 Å². The standard InChI is InChI=1S/C21H21Cl2N5O/c22-17-4-3-16(10-18(17)23)28-13-19(14-5-7-25-8-6-14)26-21(28)15-2-1-9-27(12-15)20(29)11-24/h3-8,10,13,15H,1-2,9,11-12,24H2. The first-order valence-electron chi connectivity index (χ1n) is 9.49. The van der Waals surface area contributed by atoms with Crippen molar-refractivity contribution in [2.24, 2.45) is 5.73 Å². The zero-order valence-electron chi connectivity index (χ0n) is 15.8. The van der Waals surface area contributed by atoms with Crippen molar-refractivity contribution in [3.63, 3.8) is 0 Å². The summed E-state index contributed by atoms with van der Waals surface area (Å²) in [4.78, 5) is 23.0. The van der Waals surface area contributed by atoms with Gasteiger partial charge in [-0.05, 0) is 43.2 Å². The quantitative estimate of drug-likeness (QED) is 0.681. The lowest BCUT2D eigenvalue weighted by Crippen LogP contribution is -2.42. The average molecular weight is 430 g/mol. The van der Waals surface area contributed by atoms with Gasteiger partial charge < -0.3 is 15.2 Å². The first kappa shape index (κ1) is 19.9. The van der Waals surface area contributed by atoms with Gasteiger partial charge in [0.1, 0.15) is 5.82 Å². The predicted octanol–water partition coefficient (Wildman–Crippen LogP) is 3.91. The van der Waals surface area contributed by atoms with Crippen molar-refractivity contribution in [1.29, 1.82) is 0 Å². The van der Waals surface area contributed by atoms with Crippen molar-refractivity contribution in [3.8, 4) is 16.9 Å². The number of hydrogen-bond acceptors (Lipinski definition) is 4. The number of carbonyl (C=O) groups is 1. The number of nitrogens with two attached hydrogens (primary N) is 1. The summed E-state index contributed by atoms with van der Waals surface area (Å²) >= 11 is 12.4. The third-order valence-corrected chi connectivity index (χ3v) is 5.94. The second kappa shape index (κ2) is 8.53. The Morgan fingerprint density at radius 2 is 1.97 bits per heavy atom. The number of rotatable bonds is 4. The molecule has 0 radical (unpaired) electrons. The molecule has 0 spiro atoms. The van der Waals surface area contributed by atoms with Crippen LogP contribution in [0.4, 0.5) is 0 Å². The highest BCUT2D eigenvalue weighted by Gasteiger charge is 2.28. The number of benzene rings is 1. The number of nitrogens with zero attached hydrogens (tertiary/aromatic N) is 4. The van der Waals surface area contributed by atoms with Crippen LogP contribution in [0.25, 0.3) is 16.9 Å². The van der Waals surface area contributed by atoms with Crippen LogP contribution < -0.4 is 5.73 Å². The second-order valence-electron chi connectivity index (χ2n) is 7.07. The number of aromatic nitrogens is 3. The molecule has 1 unspecified atom stereocenters. The van der Waals surface area contributed by atoms with Gasteiger partial charge >= 0.3 is 0 Å². The molecule has 1 fully saturated rings. The van der Waals surface area contributed by atoms with Crippen molar-refractivity contribution in [1.82, 2.24) is 19.4 Å². The van der Waals surface area contributed by atoms with Crippen LogP contribution in [0.2, 0.25) is 10.0 Å². The Bertz CT molecular complexity index is 1020. The summed E-state index contributed by atoms with van der Waals surface area (Å²) in [6, 6.07) is 9.38. The first-order chi connectivity index (χ1) is 14.1. The zero-order chi connectivity index (χ0) is 20.4. The fourth-order valence-electron chi connectivity index (χ4n) is 3.73. The van der Waals surface area contributed by atoms with E-state index in [0.29, 0.717) is 16.6 Å². The molecule has 0 bridgehead atoms. The van der Waals surface area contributed by atoms with E-state index in [1.807, 2.05) is 39.9 Å². The molecule has 1 aromatic carbocycles. The molecule has 0 aliphatic carbocycles. The Hall–Kier alpha value is -2.41. The molecule has 3 heterocycles. The normalized spacial score (nSPS) is 16.8. The summed E-state index contributed by atoms with van der Waals surface area (Å²) in [5, 5.41) is 0.988. The second-order valence-corrected chi connectivity index (χ2v) is 7.89. The van der Waals surface area contributed by atoms with Crippen LogP contribution in [0.1, 0.15) is 24.6 Å².